The van der Waals surface area contributed by atoms with Crippen molar-refractivity contribution in [3.63, 3.8) is 0 Å². The molecule has 0 aliphatic heterocycles. The average molecular weight is 223 g/mol. The molecule has 2 nitrogen and oxygen atoms in total. The van der Waals surface area contributed by atoms with Gasteiger partial charge in [0, 0.05) is 16.5 Å². The van der Waals surface area contributed by atoms with E-state index in [-0.39, 0.29) is 11.4 Å². The Labute approximate surface area is 95.0 Å². The molecular weight excluding hydrogens is 206 g/mol. The number of thiophene rings is 1. The van der Waals surface area contributed by atoms with E-state index in [0.717, 1.165) is 11.3 Å². The van der Waals surface area contributed by atoms with Gasteiger partial charge in [-0.2, -0.15) is 0 Å². The first-order valence-electron chi connectivity index (χ1n) is 5.07. The molecule has 0 bridgehead atoms. The van der Waals surface area contributed by atoms with Crippen LogP contribution in [0.4, 0.5) is 0 Å². The van der Waals surface area contributed by atoms with Gasteiger partial charge in [0.15, 0.2) is 0 Å². The summed E-state index contributed by atoms with van der Waals surface area (Å²) in [6.07, 6.45) is 4.35. The molecule has 0 aromatic carbocycles. The van der Waals surface area contributed by atoms with E-state index in [1.807, 2.05) is 37.4 Å². The van der Waals surface area contributed by atoms with Gasteiger partial charge in [-0.15, -0.1) is 11.3 Å². The summed E-state index contributed by atoms with van der Waals surface area (Å²) in [5, 5.41) is 4.94. The summed E-state index contributed by atoms with van der Waals surface area (Å²) in [7, 11) is 0. The average Bonchev–Trinajstić information content (AvgIpc) is 2.66. The van der Waals surface area contributed by atoms with E-state index in [2.05, 4.69) is 12.2 Å². The second-order valence-corrected chi connectivity index (χ2v) is 5.05. The van der Waals surface area contributed by atoms with Gasteiger partial charge in [-0.3, -0.25) is 4.79 Å². The van der Waals surface area contributed by atoms with Gasteiger partial charge < -0.3 is 5.32 Å². The van der Waals surface area contributed by atoms with Gasteiger partial charge in [0.05, 0.1) is 0 Å². The maximum absolute atomic E-state index is 11.5. The minimum Gasteiger partial charge on any atom is -0.348 e. The van der Waals surface area contributed by atoms with Gasteiger partial charge in [0.1, 0.15) is 0 Å². The molecule has 0 saturated heterocycles. The maximum atomic E-state index is 11.5. The molecule has 1 amide bonds. The van der Waals surface area contributed by atoms with Gasteiger partial charge in [-0.05, 0) is 37.8 Å². The summed E-state index contributed by atoms with van der Waals surface area (Å²) < 4.78 is 0. The fourth-order valence-corrected chi connectivity index (χ4v) is 1.63. The Morgan fingerprint density at radius 3 is 2.87 bits per heavy atom. The van der Waals surface area contributed by atoms with Crippen LogP contribution in [0, 0.1) is 0 Å². The van der Waals surface area contributed by atoms with Crippen molar-refractivity contribution in [3.05, 3.63) is 28.5 Å². The van der Waals surface area contributed by atoms with Crippen molar-refractivity contribution in [2.24, 2.45) is 0 Å². The van der Waals surface area contributed by atoms with Crippen molar-refractivity contribution in [2.45, 2.75) is 32.7 Å². The smallest absolute Gasteiger partial charge is 0.244 e. The van der Waals surface area contributed by atoms with Crippen LogP contribution in [0.3, 0.4) is 0 Å². The highest BCUT2D eigenvalue weighted by Crippen LogP contribution is 2.11. The van der Waals surface area contributed by atoms with E-state index in [9.17, 15) is 4.79 Å². The van der Waals surface area contributed by atoms with Crippen molar-refractivity contribution in [1.29, 1.82) is 0 Å². The third-order valence-corrected chi connectivity index (χ3v) is 3.13. The minimum atomic E-state index is -0.128. The third-order valence-electron chi connectivity index (χ3n) is 2.29. The topological polar surface area (TPSA) is 29.1 Å². The van der Waals surface area contributed by atoms with Gasteiger partial charge in [0.2, 0.25) is 5.91 Å². The lowest BCUT2D eigenvalue weighted by atomic mass is 10.0. The van der Waals surface area contributed by atoms with E-state index in [1.54, 1.807) is 17.4 Å². The van der Waals surface area contributed by atoms with E-state index in [4.69, 9.17) is 0 Å². The molecular formula is C12H17NOS. The standard InChI is InChI=1S/C12H17NOS/c1-4-12(2,3)13-11(14)8-7-10-6-5-9-15-10/h5-9H,4H2,1-3H3,(H,13,14)/b8-7+. The van der Waals surface area contributed by atoms with Gasteiger partial charge >= 0.3 is 0 Å². The largest absolute Gasteiger partial charge is 0.348 e. The third kappa shape index (κ3) is 4.30. The highest BCUT2D eigenvalue weighted by Gasteiger charge is 2.15. The molecule has 1 N–H and O–H groups in total. The lowest BCUT2D eigenvalue weighted by Crippen LogP contribution is -2.41. The molecule has 0 spiro atoms. The SMILES string of the molecule is CCC(C)(C)NC(=O)/C=C/c1cccs1. The predicted octanol–water partition coefficient (Wildman–Crippen LogP) is 3.07. The minimum absolute atomic E-state index is 0.0322. The first-order valence-corrected chi connectivity index (χ1v) is 5.95. The van der Waals surface area contributed by atoms with Crippen LogP contribution < -0.4 is 5.32 Å². The Hall–Kier alpha value is -1.09. The summed E-state index contributed by atoms with van der Waals surface area (Å²) >= 11 is 1.62. The van der Waals surface area contributed by atoms with Crippen molar-refractivity contribution in [3.8, 4) is 0 Å². The van der Waals surface area contributed by atoms with Gasteiger partial charge in [-0.25, -0.2) is 0 Å². The monoisotopic (exact) mass is 223 g/mol. The summed E-state index contributed by atoms with van der Waals surface area (Å²) in [6.45, 7) is 6.09. The molecule has 0 unspecified atom stereocenters. The summed E-state index contributed by atoms with van der Waals surface area (Å²) in [5.74, 6) is -0.0322. The van der Waals surface area contributed by atoms with E-state index < -0.39 is 0 Å². The molecule has 82 valence electrons. The van der Waals surface area contributed by atoms with Crippen LogP contribution in [-0.4, -0.2) is 11.4 Å². The van der Waals surface area contributed by atoms with E-state index >= 15 is 0 Å². The number of nitrogens with one attached hydrogen (secondary N) is 1. The van der Waals surface area contributed by atoms with Crippen LogP contribution in [0.1, 0.15) is 32.1 Å². The fourth-order valence-electron chi connectivity index (χ4n) is 1.01. The molecule has 0 aliphatic rings. The molecule has 0 fully saturated rings. The summed E-state index contributed by atoms with van der Waals surface area (Å²) in [6, 6.07) is 3.96. The predicted molar refractivity (Wildman–Crippen MR) is 65.9 cm³/mol. The number of rotatable bonds is 4. The molecule has 0 aliphatic carbocycles. The van der Waals surface area contributed by atoms with Crippen molar-refractivity contribution < 1.29 is 4.79 Å². The van der Waals surface area contributed by atoms with Gasteiger partial charge in [0.25, 0.3) is 0 Å². The van der Waals surface area contributed by atoms with Crippen LogP contribution in [0.15, 0.2) is 23.6 Å². The van der Waals surface area contributed by atoms with Crippen LogP contribution in [0.2, 0.25) is 0 Å². The number of hydrogen-bond acceptors (Lipinski definition) is 2. The molecule has 1 aromatic heterocycles. The zero-order chi connectivity index (χ0) is 11.3. The first kappa shape index (κ1) is 12.0. The fraction of sp³-hybridized carbons (Fsp3) is 0.417. The molecule has 3 heteroatoms. The van der Waals surface area contributed by atoms with Crippen molar-refractivity contribution in [2.75, 3.05) is 0 Å². The molecule has 1 rings (SSSR count). The summed E-state index contributed by atoms with van der Waals surface area (Å²) in [4.78, 5) is 12.6. The number of carbonyl (C=O) groups is 1. The molecule has 0 radical (unpaired) electrons. The Morgan fingerprint density at radius 1 is 1.60 bits per heavy atom. The first-order chi connectivity index (χ1) is 7.03. The van der Waals surface area contributed by atoms with Crippen molar-refractivity contribution in [1.82, 2.24) is 5.32 Å². The molecule has 1 aromatic rings. The lowest BCUT2D eigenvalue weighted by molar-refractivity contribution is -0.117. The Bertz CT molecular complexity index is 339. The zero-order valence-electron chi connectivity index (χ0n) is 9.41. The quantitative estimate of drug-likeness (QED) is 0.781. The van der Waals surface area contributed by atoms with Crippen LogP contribution in [0.25, 0.3) is 6.08 Å². The molecule has 0 atom stereocenters. The van der Waals surface area contributed by atoms with Crippen molar-refractivity contribution >= 4 is 23.3 Å². The molecule has 0 saturated carbocycles. The second kappa shape index (κ2) is 5.12. The lowest BCUT2D eigenvalue weighted by Gasteiger charge is -2.23. The molecule has 15 heavy (non-hydrogen) atoms. The van der Waals surface area contributed by atoms with Gasteiger partial charge in [-0.1, -0.05) is 13.0 Å². The summed E-state index contributed by atoms with van der Waals surface area (Å²) in [5.41, 5.74) is -0.128. The Kier molecular flexibility index (Phi) is 4.09. The highest BCUT2D eigenvalue weighted by molar-refractivity contribution is 7.10. The Morgan fingerprint density at radius 2 is 2.33 bits per heavy atom. The number of amides is 1. The number of carbonyl (C=O) groups excluding carboxylic acids is 1. The van der Waals surface area contributed by atoms with Crippen LogP contribution in [-0.2, 0) is 4.79 Å². The van der Waals surface area contributed by atoms with E-state index in [1.165, 1.54) is 0 Å². The maximum Gasteiger partial charge on any atom is 0.244 e. The van der Waals surface area contributed by atoms with Crippen LogP contribution >= 0.6 is 11.3 Å². The zero-order valence-corrected chi connectivity index (χ0v) is 10.2. The highest BCUT2D eigenvalue weighted by atomic mass is 32.1. The number of hydrogen-bond donors (Lipinski definition) is 1. The van der Waals surface area contributed by atoms with E-state index in [0.29, 0.717) is 0 Å². The second-order valence-electron chi connectivity index (χ2n) is 4.08. The normalized spacial score (nSPS) is 11.9. The molecule has 1 heterocycles. The van der Waals surface area contributed by atoms with Crippen LogP contribution in [0.5, 0.6) is 0 Å². The Balaban J connectivity index is 2.50.